The van der Waals surface area contributed by atoms with Crippen molar-refractivity contribution in [3.8, 4) is 0 Å². The fourth-order valence-electron chi connectivity index (χ4n) is 2.41. The highest BCUT2D eigenvalue weighted by atomic mass is 19.2. The average molecular weight is 308 g/mol. The molecule has 8 heteroatoms. The van der Waals surface area contributed by atoms with E-state index in [-0.39, 0.29) is 0 Å². The van der Waals surface area contributed by atoms with E-state index in [9.17, 15) is 26.7 Å². The Labute approximate surface area is 117 Å². The standard InChI is InChI=1S/C13H13F5N2O/c1-2-13(4-3-5-19-13)12(21)20-11-9(17)7(15)6(14)8(16)10(11)18/h19H,2-5H2,1H3,(H,20,21). The second kappa shape index (κ2) is 5.59. The van der Waals surface area contributed by atoms with Crippen molar-refractivity contribution in [1.29, 1.82) is 0 Å². The summed E-state index contributed by atoms with van der Waals surface area (Å²) in [5.41, 5.74) is -2.38. The molecule has 1 heterocycles. The summed E-state index contributed by atoms with van der Waals surface area (Å²) in [5.74, 6) is -11.4. The van der Waals surface area contributed by atoms with E-state index >= 15 is 0 Å². The van der Waals surface area contributed by atoms with Crippen LogP contribution in [0.4, 0.5) is 27.6 Å². The topological polar surface area (TPSA) is 41.1 Å². The summed E-state index contributed by atoms with van der Waals surface area (Å²) in [4.78, 5) is 12.1. The molecule has 1 aliphatic rings. The zero-order chi connectivity index (χ0) is 15.8. The van der Waals surface area contributed by atoms with Crippen LogP contribution in [0.5, 0.6) is 0 Å². The summed E-state index contributed by atoms with van der Waals surface area (Å²) >= 11 is 0. The third kappa shape index (κ3) is 2.48. The van der Waals surface area contributed by atoms with E-state index in [1.165, 1.54) is 0 Å². The van der Waals surface area contributed by atoms with Crippen LogP contribution in [0.1, 0.15) is 26.2 Å². The highest BCUT2D eigenvalue weighted by Crippen LogP contribution is 2.30. The smallest absolute Gasteiger partial charge is 0.244 e. The third-order valence-corrected chi connectivity index (χ3v) is 3.73. The summed E-state index contributed by atoms with van der Waals surface area (Å²) < 4.78 is 66.1. The first-order valence-corrected chi connectivity index (χ1v) is 6.42. The molecule has 1 saturated heterocycles. The molecule has 21 heavy (non-hydrogen) atoms. The van der Waals surface area contributed by atoms with Crippen LogP contribution in [0.3, 0.4) is 0 Å². The van der Waals surface area contributed by atoms with Crippen LogP contribution in [0.2, 0.25) is 0 Å². The second-order valence-electron chi connectivity index (χ2n) is 4.87. The number of nitrogens with one attached hydrogen (secondary N) is 2. The van der Waals surface area contributed by atoms with Crippen LogP contribution in [-0.2, 0) is 4.79 Å². The zero-order valence-corrected chi connectivity index (χ0v) is 11.1. The van der Waals surface area contributed by atoms with Crippen molar-refractivity contribution >= 4 is 11.6 Å². The number of carbonyl (C=O) groups is 1. The lowest BCUT2D eigenvalue weighted by Crippen LogP contribution is -2.50. The molecule has 2 N–H and O–H groups in total. The molecule has 0 radical (unpaired) electrons. The number of benzene rings is 1. The molecule has 116 valence electrons. The molecule has 1 aliphatic heterocycles. The first kappa shape index (κ1) is 15.7. The molecule has 1 aromatic rings. The molecule has 1 unspecified atom stereocenters. The largest absolute Gasteiger partial charge is 0.319 e. The van der Waals surface area contributed by atoms with Crippen molar-refractivity contribution in [2.45, 2.75) is 31.7 Å². The normalized spacial score (nSPS) is 21.6. The SMILES string of the molecule is CCC1(C(=O)Nc2c(F)c(F)c(F)c(F)c2F)CCCN1. The Morgan fingerprint density at radius 1 is 1.10 bits per heavy atom. The lowest BCUT2D eigenvalue weighted by atomic mass is 9.93. The van der Waals surface area contributed by atoms with Crippen molar-refractivity contribution in [3.05, 3.63) is 29.1 Å². The van der Waals surface area contributed by atoms with Gasteiger partial charge in [-0.15, -0.1) is 0 Å². The predicted octanol–water partition coefficient (Wildman–Crippen LogP) is 2.85. The quantitative estimate of drug-likeness (QED) is 0.512. The van der Waals surface area contributed by atoms with Gasteiger partial charge >= 0.3 is 0 Å². The lowest BCUT2D eigenvalue weighted by molar-refractivity contribution is -0.122. The molecule has 2 rings (SSSR count). The molecule has 0 saturated carbocycles. The fraction of sp³-hybridized carbons (Fsp3) is 0.462. The van der Waals surface area contributed by atoms with Crippen LogP contribution in [0.25, 0.3) is 0 Å². The Balaban J connectivity index is 2.38. The Bertz CT molecular complexity index is 555. The molecule has 1 atom stereocenters. The number of hydrogen-bond donors (Lipinski definition) is 2. The van der Waals surface area contributed by atoms with Gasteiger partial charge in [0.25, 0.3) is 0 Å². The first-order valence-electron chi connectivity index (χ1n) is 6.42. The minimum absolute atomic E-state index is 0.328. The van der Waals surface area contributed by atoms with Gasteiger partial charge in [0.15, 0.2) is 23.3 Å². The molecule has 0 aromatic heterocycles. The molecule has 1 aromatic carbocycles. The monoisotopic (exact) mass is 308 g/mol. The number of rotatable bonds is 3. The molecule has 0 bridgehead atoms. The Morgan fingerprint density at radius 3 is 2.05 bits per heavy atom. The van der Waals surface area contributed by atoms with E-state index in [1.807, 2.05) is 5.32 Å². The minimum atomic E-state index is -2.26. The van der Waals surface area contributed by atoms with Gasteiger partial charge < -0.3 is 10.6 Å². The molecular formula is C13H13F5N2O. The second-order valence-corrected chi connectivity index (χ2v) is 4.87. The van der Waals surface area contributed by atoms with E-state index in [4.69, 9.17) is 0 Å². The van der Waals surface area contributed by atoms with Crippen LogP contribution in [0, 0.1) is 29.1 Å². The zero-order valence-electron chi connectivity index (χ0n) is 11.1. The fourth-order valence-corrected chi connectivity index (χ4v) is 2.41. The minimum Gasteiger partial charge on any atom is -0.319 e. The van der Waals surface area contributed by atoms with E-state index in [0.29, 0.717) is 25.8 Å². The van der Waals surface area contributed by atoms with E-state index in [2.05, 4.69) is 5.32 Å². The maximum absolute atomic E-state index is 13.5. The maximum Gasteiger partial charge on any atom is 0.244 e. The van der Waals surface area contributed by atoms with Gasteiger partial charge in [-0.05, 0) is 25.8 Å². The van der Waals surface area contributed by atoms with Crippen LogP contribution >= 0.6 is 0 Å². The van der Waals surface area contributed by atoms with Gasteiger partial charge in [-0.3, -0.25) is 4.79 Å². The van der Waals surface area contributed by atoms with Crippen LogP contribution in [-0.4, -0.2) is 18.0 Å². The maximum atomic E-state index is 13.5. The van der Waals surface area contributed by atoms with Crippen LogP contribution < -0.4 is 10.6 Å². The van der Waals surface area contributed by atoms with Gasteiger partial charge in [0.2, 0.25) is 11.7 Å². The van der Waals surface area contributed by atoms with Gasteiger partial charge in [0, 0.05) is 0 Å². The third-order valence-electron chi connectivity index (χ3n) is 3.73. The number of anilines is 1. The van der Waals surface area contributed by atoms with Gasteiger partial charge in [-0.1, -0.05) is 6.92 Å². The molecule has 1 amide bonds. The van der Waals surface area contributed by atoms with Gasteiger partial charge in [0.05, 0.1) is 5.54 Å². The van der Waals surface area contributed by atoms with Gasteiger partial charge in [-0.25, -0.2) is 22.0 Å². The molecule has 3 nitrogen and oxygen atoms in total. The van der Waals surface area contributed by atoms with Crippen molar-refractivity contribution in [3.63, 3.8) is 0 Å². The Morgan fingerprint density at radius 2 is 1.62 bits per heavy atom. The highest BCUT2D eigenvalue weighted by Gasteiger charge is 2.40. The number of amides is 1. The van der Waals surface area contributed by atoms with Gasteiger partial charge in [0.1, 0.15) is 5.69 Å². The van der Waals surface area contributed by atoms with E-state index < -0.39 is 46.2 Å². The van der Waals surface area contributed by atoms with Crippen molar-refractivity contribution in [2.24, 2.45) is 0 Å². The summed E-state index contributed by atoms with van der Waals surface area (Å²) in [5, 5.41) is 4.72. The number of halogens is 5. The number of hydrogen-bond acceptors (Lipinski definition) is 2. The lowest BCUT2D eigenvalue weighted by Gasteiger charge is -2.26. The van der Waals surface area contributed by atoms with Crippen molar-refractivity contribution < 1.29 is 26.7 Å². The summed E-state index contributed by atoms with van der Waals surface area (Å²) in [6, 6.07) is 0. The van der Waals surface area contributed by atoms with E-state index in [1.54, 1.807) is 6.92 Å². The summed E-state index contributed by atoms with van der Waals surface area (Å²) in [6.45, 7) is 2.23. The van der Waals surface area contributed by atoms with Crippen molar-refractivity contribution in [2.75, 3.05) is 11.9 Å². The Kier molecular flexibility index (Phi) is 4.18. The molecular weight excluding hydrogens is 295 g/mol. The van der Waals surface area contributed by atoms with E-state index in [0.717, 1.165) is 0 Å². The number of carbonyl (C=O) groups excluding carboxylic acids is 1. The molecule has 0 aliphatic carbocycles. The highest BCUT2D eigenvalue weighted by molar-refractivity contribution is 5.98. The Hall–Kier alpha value is -1.70. The van der Waals surface area contributed by atoms with Crippen molar-refractivity contribution in [1.82, 2.24) is 5.32 Å². The average Bonchev–Trinajstić information content (AvgIpc) is 2.97. The predicted molar refractivity (Wildman–Crippen MR) is 65.1 cm³/mol. The summed E-state index contributed by atoms with van der Waals surface area (Å²) in [6.07, 6.45) is 1.43. The molecule has 0 spiro atoms. The van der Waals surface area contributed by atoms with Gasteiger partial charge in [-0.2, -0.15) is 0 Å². The first-order chi connectivity index (χ1) is 9.84. The molecule has 1 fully saturated rings. The van der Waals surface area contributed by atoms with Crippen LogP contribution in [0.15, 0.2) is 0 Å². The summed E-state index contributed by atoms with van der Waals surface area (Å²) in [7, 11) is 0.